The number of nitrogens with zero attached hydrogens (tertiary/aromatic N) is 4. The minimum atomic E-state index is -0.529. The van der Waals surface area contributed by atoms with E-state index in [1.165, 1.54) is 19.3 Å². The Bertz CT molecular complexity index is 1450. The maximum atomic E-state index is 13.4. The highest BCUT2D eigenvalue weighted by Crippen LogP contribution is 2.29. The summed E-state index contributed by atoms with van der Waals surface area (Å²) in [6, 6.07) is 7.44. The van der Waals surface area contributed by atoms with Gasteiger partial charge in [-0.3, -0.25) is 9.68 Å². The van der Waals surface area contributed by atoms with Gasteiger partial charge in [0.15, 0.2) is 0 Å². The first kappa shape index (κ1) is 34.6. The lowest BCUT2D eigenvalue weighted by Crippen LogP contribution is -2.35. The molecule has 3 heterocycles. The minimum absolute atomic E-state index is 0.304. The van der Waals surface area contributed by atoms with Crippen molar-refractivity contribution in [2.45, 2.75) is 122 Å². The molecule has 256 valence electrons. The highest BCUT2D eigenvalue weighted by atomic mass is 16.7. The maximum absolute atomic E-state index is 13.4. The van der Waals surface area contributed by atoms with E-state index >= 15 is 0 Å². The van der Waals surface area contributed by atoms with E-state index in [0.29, 0.717) is 67.5 Å². The summed E-state index contributed by atoms with van der Waals surface area (Å²) in [5.74, 6) is 0.463. The summed E-state index contributed by atoms with van der Waals surface area (Å²) in [7, 11) is 0. The Morgan fingerprint density at radius 3 is 2.00 bits per heavy atom. The van der Waals surface area contributed by atoms with Gasteiger partial charge in [0.1, 0.15) is 5.58 Å². The molecule has 3 aliphatic rings. The van der Waals surface area contributed by atoms with Gasteiger partial charge >= 0.3 is 17.8 Å². The second-order valence-corrected chi connectivity index (χ2v) is 13.5. The molecule has 0 bridgehead atoms. The van der Waals surface area contributed by atoms with Crippen LogP contribution in [-0.4, -0.2) is 59.6 Å². The fraction of sp³-hybridized carbons (Fsp3) is 0.649. The molecule has 1 saturated carbocycles. The number of likely N-dealkylation sites (tertiary alicyclic amines) is 2. The smallest absolute Gasteiger partial charge is 0.422 e. The first-order chi connectivity index (χ1) is 23.0. The normalized spacial score (nSPS) is 18.4. The minimum Gasteiger partial charge on any atom is -0.422 e. The molecule has 3 fully saturated rings. The largest absolute Gasteiger partial charge is 0.435 e. The van der Waals surface area contributed by atoms with Crippen molar-refractivity contribution in [2.24, 2.45) is 16.2 Å². The molecule has 1 aliphatic carbocycles. The van der Waals surface area contributed by atoms with Gasteiger partial charge in [0.25, 0.3) is 0 Å². The van der Waals surface area contributed by atoms with E-state index < -0.39 is 17.8 Å². The zero-order chi connectivity index (χ0) is 32.8. The van der Waals surface area contributed by atoms with Crippen LogP contribution in [0.25, 0.3) is 11.0 Å². The Morgan fingerprint density at radius 1 is 0.766 bits per heavy atom. The van der Waals surface area contributed by atoms with Crippen molar-refractivity contribution >= 4 is 34.6 Å². The molecule has 0 N–H and O–H groups in total. The molecule has 2 aliphatic heterocycles. The molecule has 1 aromatic heterocycles. The standard InChI is InChI=1S/C37H52N4O6/c1-2-3-4-5-11-18-32(38-46-36(43)40-21-12-7-13-22-40)31-26-30-20-19-29(27-34(30)45-35(31)42)33(25-28-16-9-6-10-17-28)39-47-37(44)41-23-14-8-15-24-41/h19-20,26-28H,2-18,21-25H2,1H3/b38-32+,39-33+. The molecule has 0 unspecified atom stereocenters. The summed E-state index contributed by atoms with van der Waals surface area (Å²) < 4.78 is 5.89. The molecule has 0 radical (unpaired) electrons. The average molecular weight is 649 g/mol. The monoisotopic (exact) mass is 648 g/mol. The summed E-state index contributed by atoms with van der Waals surface area (Å²) in [5.41, 5.74) is 2.08. The number of hydrogen-bond donors (Lipinski definition) is 0. The van der Waals surface area contributed by atoms with Crippen LogP contribution in [0.3, 0.4) is 0 Å². The molecular weight excluding hydrogens is 596 g/mol. The average Bonchev–Trinajstić information content (AvgIpc) is 3.11. The molecule has 47 heavy (non-hydrogen) atoms. The second kappa shape index (κ2) is 18.0. The highest BCUT2D eigenvalue weighted by molar-refractivity contribution is 6.05. The fourth-order valence-electron chi connectivity index (χ4n) is 6.95. The molecule has 2 aromatic rings. The van der Waals surface area contributed by atoms with E-state index in [4.69, 9.17) is 14.1 Å². The van der Waals surface area contributed by atoms with Crippen LogP contribution >= 0.6 is 0 Å². The Morgan fingerprint density at radius 2 is 1.36 bits per heavy atom. The van der Waals surface area contributed by atoms with Crippen molar-refractivity contribution in [2.75, 3.05) is 26.2 Å². The Hall–Kier alpha value is -3.69. The number of piperidine rings is 2. The van der Waals surface area contributed by atoms with Gasteiger partial charge in [0.2, 0.25) is 0 Å². The number of unbranched alkanes of at least 4 members (excludes halogenated alkanes) is 4. The molecule has 5 rings (SSSR count). The van der Waals surface area contributed by atoms with Crippen LogP contribution in [0.15, 0.2) is 43.8 Å². The van der Waals surface area contributed by atoms with Crippen molar-refractivity contribution in [1.82, 2.24) is 9.80 Å². The van der Waals surface area contributed by atoms with E-state index in [-0.39, 0.29) is 0 Å². The number of carbonyl (C=O) groups is 2. The lowest BCUT2D eigenvalue weighted by molar-refractivity contribution is 0.0972. The van der Waals surface area contributed by atoms with Crippen molar-refractivity contribution in [1.29, 1.82) is 0 Å². The van der Waals surface area contributed by atoms with Gasteiger partial charge in [-0.1, -0.05) is 87.2 Å². The Kier molecular flexibility index (Phi) is 13.3. The van der Waals surface area contributed by atoms with Crippen molar-refractivity contribution < 1.29 is 23.7 Å². The lowest BCUT2D eigenvalue weighted by atomic mass is 9.84. The lowest BCUT2D eigenvalue weighted by Gasteiger charge is -2.25. The van der Waals surface area contributed by atoms with Crippen molar-refractivity contribution in [3.63, 3.8) is 0 Å². The third-order valence-corrected chi connectivity index (χ3v) is 9.80. The number of benzene rings is 1. The van der Waals surface area contributed by atoms with E-state index in [1.807, 2.05) is 18.2 Å². The van der Waals surface area contributed by atoms with Gasteiger partial charge in [0.05, 0.1) is 17.0 Å². The maximum Gasteiger partial charge on any atom is 0.435 e. The quantitative estimate of drug-likeness (QED) is 0.0747. The van der Waals surface area contributed by atoms with Gasteiger partial charge < -0.3 is 14.2 Å². The zero-order valence-electron chi connectivity index (χ0n) is 28.2. The topological polar surface area (TPSA) is 114 Å². The molecule has 0 spiro atoms. The van der Waals surface area contributed by atoms with Crippen LogP contribution in [-0.2, 0) is 9.68 Å². The van der Waals surface area contributed by atoms with Gasteiger partial charge in [-0.15, -0.1) is 0 Å². The fourth-order valence-corrected chi connectivity index (χ4v) is 6.95. The molecule has 2 saturated heterocycles. The molecular formula is C37H52N4O6. The van der Waals surface area contributed by atoms with Crippen molar-refractivity contribution in [3.05, 3.63) is 45.8 Å². The van der Waals surface area contributed by atoms with Crippen LogP contribution in [0.1, 0.15) is 134 Å². The number of oxime groups is 2. The molecule has 2 amide bonds. The van der Waals surface area contributed by atoms with E-state index in [1.54, 1.807) is 15.9 Å². The predicted molar refractivity (Wildman–Crippen MR) is 184 cm³/mol. The highest BCUT2D eigenvalue weighted by Gasteiger charge is 2.23. The van der Waals surface area contributed by atoms with E-state index in [2.05, 4.69) is 17.2 Å². The van der Waals surface area contributed by atoms with Gasteiger partial charge in [-0.25, -0.2) is 14.4 Å². The van der Waals surface area contributed by atoms with Gasteiger partial charge in [-0.05, 0) is 75.8 Å². The van der Waals surface area contributed by atoms with Crippen LogP contribution in [0.4, 0.5) is 9.59 Å². The number of fused-ring (bicyclic) bond motifs is 1. The summed E-state index contributed by atoms with van der Waals surface area (Å²) in [6.45, 7) is 4.87. The second-order valence-electron chi connectivity index (χ2n) is 13.5. The predicted octanol–water partition coefficient (Wildman–Crippen LogP) is 8.78. The summed E-state index contributed by atoms with van der Waals surface area (Å²) in [6.07, 6.45) is 17.5. The van der Waals surface area contributed by atoms with E-state index in [9.17, 15) is 14.4 Å². The van der Waals surface area contributed by atoms with Gasteiger partial charge in [0, 0.05) is 37.1 Å². The number of hydrogen-bond acceptors (Lipinski definition) is 8. The third-order valence-electron chi connectivity index (χ3n) is 9.80. The van der Waals surface area contributed by atoms with Crippen LogP contribution in [0.2, 0.25) is 0 Å². The van der Waals surface area contributed by atoms with Crippen LogP contribution in [0, 0.1) is 5.92 Å². The molecule has 10 heteroatoms. The SMILES string of the molecule is CCCCCCC/C(=N\OC(=O)N1CCCCC1)c1cc2ccc(/C(CC3CCCCC3)=N/OC(=O)N3CCCCC3)cc2oc1=O. The number of amides is 2. The number of rotatable bonds is 12. The Balaban J connectivity index is 1.38. The summed E-state index contributed by atoms with van der Waals surface area (Å²) in [5, 5.41) is 9.37. The first-order valence-electron chi connectivity index (χ1n) is 18.2. The molecule has 1 aromatic carbocycles. The summed E-state index contributed by atoms with van der Waals surface area (Å²) in [4.78, 5) is 53.2. The first-order valence-corrected chi connectivity index (χ1v) is 18.2. The Labute approximate surface area is 278 Å². The van der Waals surface area contributed by atoms with Crippen LogP contribution < -0.4 is 5.63 Å². The third kappa shape index (κ3) is 10.1. The molecule has 10 nitrogen and oxygen atoms in total. The van der Waals surface area contributed by atoms with Crippen LogP contribution in [0.5, 0.6) is 0 Å². The van der Waals surface area contributed by atoms with E-state index in [0.717, 1.165) is 94.4 Å². The summed E-state index contributed by atoms with van der Waals surface area (Å²) >= 11 is 0. The molecule has 0 atom stereocenters. The van der Waals surface area contributed by atoms with Gasteiger partial charge in [-0.2, -0.15) is 0 Å². The zero-order valence-corrected chi connectivity index (χ0v) is 28.2. The van der Waals surface area contributed by atoms with Crippen molar-refractivity contribution in [3.8, 4) is 0 Å². The number of carbonyl (C=O) groups excluding carboxylic acids is 2.